The van der Waals surface area contributed by atoms with E-state index in [0.717, 1.165) is 17.1 Å². The summed E-state index contributed by atoms with van der Waals surface area (Å²) in [6.07, 6.45) is 1.94. The molecule has 1 saturated heterocycles. The Morgan fingerprint density at radius 2 is 1.87 bits per heavy atom. The third kappa shape index (κ3) is 4.29. The number of benzene rings is 1. The molecule has 1 heterocycles. The third-order valence-electron chi connectivity index (χ3n) is 4.10. The monoisotopic (exact) mass is 344 g/mol. The summed E-state index contributed by atoms with van der Waals surface area (Å²) in [5.41, 5.74) is 0.188. The largest absolute Gasteiger partial charge is 0.375 e. The molecule has 1 N–H and O–H groups in total. The lowest BCUT2D eigenvalue weighted by Crippen LogP contribution is -2.41. The average Bonchev–Trinajstić information content (AvgIpc) is 2.44. The summed E-state index contributed by atoms with van der Waals surface area (Å²) in [5.74, 6) is -0.506. The van der Waals surface area contributed by atoms with Gasteiger partial charge in [0.2, 0.25) is 10.0 Å². The summed E-state index contributed by atoms with van der Waals surface area (Å²) < 4.78 is 45.7. The Hall–Kier alpha value is -1.02. The fraction of sp³-hybridized carbons (Fsp3) is 0.625. The molecule has 0 unspecified atom stereocenters. The second-order valence-electron chi connectivity index (χ2n) is 6.31. The molecule has 1 aliphatic heterocycles. The zero-order valence-corrected chi connectivity index (χ0v) is 14.9. The Kier molecular flexibility index (Phi) is 5.78. The average molecular weight is 344 g/mol. The highest BCUT2D eigenvalue weighted by molar-refractivity contribution is 7.89. The summed E-state index contributed by atoms with van der Waals surface area (Å²) in [6.45, 7) is 4.20. The van der Waals surface area contributed by atoms with E-state index in [0.29, 0.717) is 0 Å². The van der Waals surface area contributed by atoms with Crippen molar-refractivity contribution in [3.8, 4) is 0 Å². The van der Waals surface area contributed by atoms with Gasteiger partial charge in [-0.1, -0.05) is 6.07 Å². The Morgan fingerprint density at radius 1 is 1.26 bits per heavy atom. The molecule has 0 radical (unpaired) electrons. The van der Waals surface area contributed by atoms with Gasteiger partial charge in [0.25, 0.3) is 0 Å². The van der Waals surface area contributed by atoms with E-state index in [-0.39, 0.29) is 35.3 Å². The number of nitrogens with zero attached hydrogens (tertiary/aromatic N) is 1. The van der Waals surface area contributed by atoms with E-state index in [1.807, 2.05) is 13.8 Å². The number of hydrogen-bond donors (Lipinski definition) is 1. The van der Waals surface area contributed by atoms with E-state index in [1.54, 1.807) is 0 Å². The van der Waals surface area contributed by atoms with E-state index in [4.69, 9.17) is 4.74 Å². The number of ether oxygens (including phenoxy) is 1. The summed E-state index contributed by atoms with van der Waals surface area (Å²) in [6, 6.07) is 4.35. The molecule has 1 fully saturated rings. The maximum atomic E-state index is 14.2. The zero-order chi connectivity index (χ0) is 17.2. The van der Waals surface area contributed by atoms with Crippen LogP contribution in [-0.2, 0) is 21.3 Å². The van der Waals surface area contributed by atoms with Crippen LogP contribution in [0.25, 0.3) is 0 Å². The quantitative estimate of drug-likeness (QED) is 0.889. The summed E-state index contributed by atoms with van der Waals surface area (Å²) in [7, 11) is -0.788. The van der Waals surface area contributed by atoms with Crippen LogP contribution in [0.15, 0.2) is 23.1 Å². The smallest absolute Gasteiger partial charge is 0.242 e. The van der Waals surface area contributed by atoms with Crippen molar-refractivity contribution >= 4 is 10.0 Å². The van der Waals surface area contributed by atoms with Gasteiger partial charge in [-0.3, -0.25) is 0 Å². The van der Waals surface area contributed by atoms with Crippen LogP contribution in [0.4, 0.5) is 4.39 Å². The van der Waals surface area contributed by atoms with E-state index < -0.39 is 15.8 Å². The van der Waals surface area contributed by atoms with Crippen LogP contribution in [0, 0.1) is 5.82 Å². The fourth-order valence-electron chi connectivity index (χ4n) is 2.97. The van der Waals surface area contributed by atoms with Crippen LogP contribution >= 0.6 is 0 Å². The Bertz CT molecular complexity index is 639. The minimum atomic E-state index is -3.68. The van der Waals surface area contributed by atoms with Crippen molar-refractivity contribution in [3.63, 3.8) is 0 Å². The van der Waals surface area contributed by atoms with Gasteiger partial charge < -0.3 is 10.1 Å². The molecule has 0 spiro atoms. The normalized spacial score (nSPS) is 25.7. The van der Waals surface area contributed by atoms with Crippen molar-refractivity contribution < 1.29 is 17.5 Å². The van der Waals surface area contributed by atoms with E-state index in [2.05, 4.69) is 5.32 Å². The maximum absolute atomic E-state index is 14.2. The lowest BCUT2D eigenvalue weighted by molar-refractivity contribution is -0.0423. The highest BCUT2D eigenvalue weighted by atomic mass is 32.2. The van der Waals surface area contributed by atoms with Crippen LogP contribution in [0.5, 0.6) is 0 Å². The number of nitrogens with one attached hydrogen (secondary N) is 1. The van der Waals surface area contributed by atoms with Crippen LogP contribution in [0.2, 0.25) is 0 Å². The Balaban J connectivity index is 2.20. The van der Waals surface area contributed by atoms with Crippen LogP contribution < -0.4 is 5.32 Å². The molecule has 23 heavy (non-hydrogen) atoms. The van der Waals surface area contributed by atoms with Gasteiger partial charge in [0, 0.05) is 32.2 Å². The molecule has 0 aliphatic carbocycles. The molecular formula is C16H25FN2O3S. The van der Waals surface area contributed by atoms with Crippen molar-refractivity contribution in [3.05, 3.63) is 29.6 Å². The Labute approximate surface area is 137 Å². The van der Waals surface area contributed by atoms with Crippen molar-refractivity contribution in [1.82, 2.24) is 9.62 Å². The molecule has 2 rings (SSSR count). The molecular weight excluding hydrogens is 319 g/mol. The first-order valence-electron chi connectivity index (χ1n) is 7.80. The fourth-order valence-corrected chi connectivity index (χ4v) is 4.09. The van der Waals surface area contributed by atoms with Gasteiger partial charge in [-0.05, 0) is 38.8 Å². The predicted octanol–water partition coefficient (Wildman–Crippen LogP) is 2.12. The van der Waals surface area contributed by atoms with Crippen LogP contribution in [-0.4, -0.2) is 45.1 Å². The van der Waals surface area contributed by atoms with Crippen LogP contribution in [0.3, 0.4) is 0 Å². The summed E-state index contributed by atoms with van der Waals surface area (Å²) in [4.78, 5) is 0.0168. The topological polar surface area (TPSA) is 58.6 Å². The molecule has 130 valence electrons. The molecule has 2 atom stereocenters. The highest BCUT2D eigenvalue weighted by Crippen LogP contribution is 2.23. The number of sulfonamides is 1. The molecule has 1 aliphatic rings. The van der Waals surface area contributed by atoms with Crippen molar-refractivity contribution in [1.29, 1.82) is 0 Å². The van der Waals surface area contributed by atoms with Gasteiger partial charge in [-0.25, -0.2) is 17.1 Å². The maximum Gasteiger partial charge on any atom is 0.242 e. The molecule has 1 aromatic rings. The standard InChI is InChI=1S/C16H25FN2O3S/c1-11-8-13(9-12(2)22-11)18-10-14-15(17)6-5-7-16(14)23(20,21)19(3)4/h5-7,11-13,18H,8-10H2,1-4H3/t11-,12-/m0/s1. The first-order chi connectivity index (χ1) is 10.7. The second kappa shape index (κ2) is 7.25. The lowest BCUT2D eigenvalue weighted by atomic mass is 9.99. The number of rotatable bonds is 5. The van der Waals surface area contributed by atoms with Gasteiger partial charge in [0.05, 0.1) is 17.1 Å². The van der Waals surface area contributed by atoms with Gasteiger partial charge in [-0.2, -0.15) is 0 Å². The molecule has 0 saturated carbocycles. The van der Waals surface area contributed by atoms with Gasteiger partial charge in [-0.15, -0.1) is 0 Å². The molecule has 7 heteroatoms. The molecule has 0 amide bonds. The first-order valence-corrected chi connectivity index (χ1v) is 9.24. The molecule has 0 bridgehead atoms. The van der Waals surface area contributed by atoms with Crippen molar-refractivity contribution in [2.24, 2.45) is 0 Å². The van der Waals surface area contributed by atoms with Gasteiger partial charge in [0.1, 0.15) is 5.82 Å². The third-order valence-corrected chi connectivity index (χ3v) is 6.00. The highest BCUT2D eigenvalue weighted by Gasteiger charge is 2.26. The molecule has 1 aromatic carbocycles. The summed E-state index contributed by atoms with van der Waals surface area (Å²) in [5, 5.41) is 3.29. The predicted molar refractivity (Wildman–Crippen MR) is 87.1 cm³/mol. The minimum absolute atomic E-state index is 0.0168. The van der Waals surface area contributed by atoms with E-state index >= 15 is 0 Å². The second-order valence-corrected chi connectivity index (χ2v) is 8.43. The van der Waals surface area contributed by atoms with Crippen LogP contribution in [0.1, 0.15) is 32.3 Å². The molecule has 0 aromatic heterocycles. The van der Waals surface area contributed by atoms with E-state index in [9.17, 15) is 12.8 Å². The summed E-state index contributed by atoms with van der Waals surface area (Å²) >= 11 is 0. The lowest BCUT2D eigenvalue weighted by Gasteiger charge is -2.33. The zero-order valence-electron chi connectivity index (χ0n) is 14.0. The van der Waals surface area contributed by atoms with Crippen molar-refractivity contribution in [2.45, 2.75) is 56.4 Å². The van der Waals surface area contributed by atoms with Crippen molar-refractivity contribution in [2.75, 3.05) is 14.1 Å². The van der Waals surface area contributed by atoms with Gasteiger partial charge >= 0.3 is 0 Å². The SMILES string of the molecule is C[C@H]1CC(NCc2c(F)cccc2S(=O)(=O)N(C)C)C[C@H](C)O1. The van der Waals surface area contributed by atoms with E-state index in [1.165, 1.54) is 32.3 Å². The first kappa shape index (κ1) is 18.3. The van der Waals surface area contributed by atoms with Gasteiger partial charge in [0.15, 0.2) is 0 Å². The number of hydrogen-bond acceptors (Lipinski definition) is 4. The number of halogens is 1. The Morgan fingerprint density at radius 3 is 2.43 bits per heavy atom. The minimum Gasteiger partial charge on any atom is -0.375 e. The molecule has 5 nitrogen and oxygen atoms in total.